The third-order valence-corrected chi connectivity index (χ3v) is 5.37. The SMILES string of the molecule is CC(c1ccccn1)N1CCN(C(=O)c2ccc3ccc(Cl)cc3n2)CC1. The summed E-state index contributed by atoms with van der Waals surface area (Å²) in [4.78, 5) is 26.1. The minimum Gasteiger partial charge on any atom is -0.335 e. The summed E-state index contributed by atoms with van der Waals surface area (Å²) in [5.74, 6) is -0.0259. The van der Waals surface area contributed by atoms with Crippen molar-refractivity contribution in [3.63, 3.8) is 0 Å². The summed E-state index contributed by atoms with van der Waals surface area (Å²) in [6, 6.07) is 15.5. The molecule has 0 saturated carbocycles. The normalized spacial score (nSPS) is 16.4. The molecule has 0 radical (unpaired) electrons. The number of hydrogen-bond donors (Lipinski definition) is 0. The van der Waals surface area contributed by atoms with Gasteiger partial charge in [-0.1, -0.05) is 29.8 Å². The molecule has 138 valence electrons. The van der Waals surface area contributed by atoms with E-state index in [0.717, 1.165) is 29.7 Å². The number of halogens is 1. The number of carbonyl (C=O) groups excluding carboxylic acids is 1. The molecule has 3 aromatic rings. The minimum absolute atomic E-state index is 0.0259. The first-order chi connectivity index (χ1) is 13.1. The molecule has 1 atom stereocenters. The van der Waals surface area contributed by atoms with E-state index in [0.29, 0.717) is 23.8 Å². The van der Waals surface area contributed by atoms with Gasteiger partial charge in [0.1, 0.15) is 5.69 Å². The predicted molar refractivity (Wildman–Crippen MR) is 107 cm³/mol. The van der Waals surface area contributed by atoms with Gasteiger partial charge in [-0.25, -0.2) is 4.98 Å². The molecular formula is C21H21ClN4O. The lowest BCUT2D eigenvalue weighted by atomic mass is 10.1. The van der Waals surface area contributed by atoms with Crippen molar-refractivity contribution in [2.45, 2.75) is 13.0 Å². The lowest BCUT2D eigenvalue weighted by molar-refractivity contribution is 0.0574. The number of piperazine rings is 1. The summed E-state index contributed by atoms with van der Waals surface area (Å²) in [6.07, 6.45) is 1.82. The van der Waals surface area contributed by atoms with Gasteiger partial charge < -0.3 is 4.90 Å². The Kier molecular flexibility index (Phi) is 5.05. The van der Waals surface area contributed by atoms with Crippen molar-refractivity contribution in [1.82, 2.24) is 19.8 Å². The molecule has 5 nitrogen and oxygen atoms in total. The number of pyridine rings is 2. The standard InChI is InChI=1S/C21H21ClN4O/c1-15(18-4-2-3-9-23-18)25-10-12-26(13-11-25)21(27)19-8-6-16-5-7-17(22)14-20(16)24-19/h2-9,14-15H,10-13H2,1H3. The van der Waals surface area contributed by atoms with E-state index in [-0.39, 0.29) is 11.9 Å². The highest BCUT2D eigenvalue weighted by molar-refractivity contribution is 6.31. The van der Waals surface area contributed by atoms with Gasteiger partial charge in [-0.15, -0.1) is 0 Å². The van der Waals surface area contributed by atoms with Crippen molar-refractivity contribution < 1.29 is 4.79 Å². The van der Waals surface area contributed by atoms with Crippen molar-refractivity contribution in [3.8, 4) is 0 Å². The number of hydrogen-bond acceptors (Lipinski definition) is 4. The monoisotopic (exact) mass is 380 g/mol. The van der Waals surface area contributed by atoms with Crippen LogP contribution in [0.25, 0.3) is 10.9 Å². The molecule has 0 N–H and O–H groups in total. The first-order valence-electron chi connectivity index (χ1n) is 9.12. The Morgan fingerprint density at radius 3 is 2.59 bits per heavy atom. The number of fused-ring (bicyclic) bond motifs is 1. The third kappa shape index (κ3) is 3.80. The van der Waals surface area contributed by atoms with E-state index in [1.165, 1.54) is 0 Å². The molecule has 1 aliphatic rings. The van der Waals surface area contributed by atoms with Crippen LogP contribution in [0.2, 0.25) is 5.02 Å². The van der Waals surface area contributed by atoms with Gasteiger partial charge in [0.05, 0.1) is 11.2 Å². The molecule has 6 heteroatoms. The van der Waals surface area contributed by atoms with Gasteiger partial charge in [0, 0.05) is 48.8 Å². The molecular weight excluding hydrogens is 360 g/mol. The number of carbonyl (C=O) groups is 1. The van der Waals surface area contributed by atoms with Crippen molar-refractivity contribution in [1.29, 1.82) is 0 Å². The molecule has 1 fully saturated rings. The molecule has 1 unspecified atom stereocenters. The summed E-state index contributed by atoms with van der Waals surface area (Å²) in [6.45, 7) is 5.18. The Bertz CT molecular complexity index is 955. The maximum atomic E-state index is 12.9. The largest absolute Gasteiger partial charge is 0.335 e. The highest BCUT2D eigenvalue weighted by Crippen LogP contribution is 2.21. The molecule has 1 amide bonds. The van der Waals surface area contributed by atoms with Crippen molar-refractivity contribution in [2.75, 3.05) is 26.2 Å². The lowest BCUT2D eigenvalue weighted by Gasteiger charge is -2.37. The highest BCUT2D eigenvalue weighted by Gasteiger charge is 2.26. The minimum atomic E-state index is -0.0259. The van der Waals surface area contributed by atoms with Gasteiger partial charge in [0.2, 0.25) is 0 Å². The average molecular weight is 381 g/mol. The van der Waals surface area contributed by atoms with Gasteiger partial charge in [-0.05, 0) is 37.3 Å². The molecule has 4 rings (SSSR count). The molecule has 2 aromatic heterocycles. The molecule has 1 aliphatic heterocycles. The fourth-order valence-corrected chi connectivity index (χ4v) is 3.66. The number of amides is 1. The summed E-state index contributed by atoms with van der Waals surface area (Å²) in [7, 11) is 0. The van der Waals surface area contributed by atoms with E-state index in [1.54, 1.807) is 12.1 Å². The topological polar surface area (TPSA) is 49.3 Å². The second kappa shape index (κ2) is 7.62. The molecule has 0 bridgehead atoms. The summed E-state index contributed by atoms with van der Waals surface area (Å²) < 4.78 is 0. The predicted octanol–water partition coefficient (Wildman–Crippen LogP) is 3.80. The van der Waals surface area contributed by atoms with Crippen LogP contribution < -0.4 is 0 Å². The maximum absolute atomic E-state index is 12.9. The third-order valence-electron chi connectivity index (χ3n) is 5.14. The summed E-state index contributed by atoms with van der Waals surface area (Å²) in [5.41, 5.74) is 2.28. The van der Waals surface area contributed by atoms with Crippen LogP contribution in [0.15, 0.2) is 54.7 Å². The Hall–Kier alpha value is -2.50. The smallest absolute Gasteiger partial charge is 0.272 e. The fraction of sp³-hybridized carbons (Fsp3) is 0.286. The molecule has 27 heavy (non-hydrogen) atoms. The van der Waals surface area contributed by atoms with Gasteiger partial charge in [0.15, 0.2) is 0 Å². The van der Waals surface area contributed by atoms with Crippen molar-refractivity contribution in [3.05, 3.63) is 71.1 Å². The summed E-state index contributed by atoms with van der Waals surface area (Å²) in [5, 5.41) is 1.60. The molecule has 1 aromatic carbocycles. The maximum Gasteiger partial charge on any atom is 0.272 e. The first kappa shape index (κ1) is 17.9. The fourth-order valence-electron chi connectivity index (χ4n) is 3.49. The van der Waals surface area contributed by atoms with Crippen LogP contribution in [-0.2, 0) is 0 Å². The summed E-state index contributed by atoms with van der Waals surface area (Å²) >= 11 is 6.05. The zero-order valence-electron chi connectivity index (χ0n) is 15.2. The highest BCUT2D eigenvalue weighted by atomic mass is 35.5. The van der Waals surface area contributed by atoms with Crippen LogP contribution in [0.4, 0.5) is 0 Å². The van der Waals surface area contributed by atoms with Crippen LogP contribution in [0, 0.1) is 0 Å². The number of aromatic nitrogens is 2. The van der Waals surface area contributed by atoms with Crippen LogP contribution in [0.5, 0.6) is 0 Å². The van der Waals surface area contributed by atoms with Gasteiger partial charge in [0.25, 0.3) is 5.91 Å². The van der Waals surface area contributed by atoms with E-state index in [2.05, 4.69) is 21.8 Å². The second-order valence-electron chi connectivity index (χ2n) is 6.79. The Balaban J connectivity index is 1.44. The van der Waals surface area contributed by atoms with Crippen molar-refractivity contribution in [2.24, 2.45) is 0 Å². The number of benzene rings is 1. The quantitative estimate of drug-likeness (QED) is 0.693. The molecule has 1 saturated heterocycles. The van der Waals surface area contributed by atoms with Crippen LogP contribution >= 0.6 is 11.6 Å². The van der Waals surface area contributed by atoms with E-state index >= 15 is 0 Å². The Morgan fingerprint density at radius 1 is 1.07 bits per heavy atom. The van der Waals surface area contributed by atoms with Crippen molar-refractivity contribution >= 4 is 28.4 Å². The first-order valence-corrected chi connectivity index (χ1v) is 9.50. The van der Waals surface area contributed by atoms with E-state index in [4.69, 9.17) is 11.6 Å². The average Bonchev–Trinajstić information content (AvgIpc) is 2.73. The second-order valence-corrected chi connectivity index (χ2v) is 7.23. The Labute approximate surface area is 163 Å². The van der Waals surface area contributed by atoms with Crippen LogP contribution in [0.3, 0.4) is 0 Å². The van der Waals surface area contributed by atoms with Gasteiger partial charge in [-0.2, -0.15) is 0 Å². The van der Waals surface area contributed by atoms with Gasteiger partial charge in [-0.3, -0.25) is 14.7 Å². The van der Waals surface area contributed by atoms with Crippen LogP contribution in [-0.4, -0.2) is 51.9 Å². The lowest BCUT2D eigenvalue weighted by Crippen LogP contribution is -2.49. The molecule has 3 heterocycles. The zero-order chi connectivity index (χ0) is 18.8. The number of nitrogens with zero attached hydrogens (tertiary/aromatic N) is 4. The van der Waals surface area contributed by atoms with Gasteiger partial charge >= 0.3 is 0 Å². The zero-order valence-corrected chi connectivity index (χ0v) is 15.9. The van der Waals surface area contributed by atoms with E-state index in [9.17, 15) is 4.79 Å². The van der Waals surface area contributed by atoms with E-state index < -0.39 is 0 Å². The van der Waals surface area contributed by atoms with Crippen LogP contribution in [0.1, 0.15) is 29.1 Å². The molecule has 0 spiro atoms. The Morgan fingerprint density at radius 2 is 1.85 bits per heavy atom. The molecule has 0 aliphatic carbocycles. The number of rotatable bonds is 3. The van der Waals surface area contributed by atoms with E-state index in [1.807, 2.05) is 47.5 Å².